The van der Waals surface area contributed by atoms with Gasteiger partial charge in [0.25, 0.3) is 5.91 Å². The zero-order chi connectivity index (χ0) is 21.7. The number of nitrogens with zero attached hydrogens (tertiary/aromatic N) is 4. The zero-order valence-electron chi connectivity index (χ0n) is 16.9. The van der Waals surface area contributed by atoms with Crippen molar-refractivity contribution >= 4 is 29.1 Å². The van der Waals surface area contributed by atoms with Gasteiger partial charge < -0.3 is 14.4 Å². The molecule has 3 rings (SSSR count). The highest BCUT2D eigenvalue weighted by atomic mass is 35.5. The van der Waals surface area contributed by atoms with E-state index in [2.05, 4.69) is 4.98 Å². The second-order valence-corrected chi connectivity index (χ2v) is 8.06. The molecule has 0 aliphatic carbocycles. The highest BCUT2D eigenvalue weighted by Gasteiger charge is 2.21. The molecule has 0 saturated carbocycles. The summed E-state index contributed by atoms with van der Waals surface area (Å²) >= 11 is 12.3. The van der Waals surface area contributed by atoms with Crippen LogP contribution in [0.3, 0.4) is 0 Å². The normalized spacial score (nSPS) is 11.1. The summed E-state index contributed by atoms with van der Waals surface area (Å²) in [4.78, 5) is 21.1. The van der Waals surface area contributed by atoms with Crippen molar-refractivity contribution in [1.29, 1.82) is 0 Å². The third kappa shape index (κ3) is 5.59. The van der Waals surface area contributed by atoms with Crippen molar-refractivity contribution in [1.82, 2.24) is 19.4 Å². The smallest absolute Gasteiger partial charge is 0.257 e. The maximum absolute atomic E-state index is 14.2. The van der Waals surface area contributed by atoms with E-state index in [0.717, 1.165) is 5.56 Å². The molecule has 0 saturated heterocycles. The molecule has 8 heteroatoms. The summed E-state index contributed by atoms with van der Waals surface area (Å²) in [6.45, 7) is 1.82. The van der Waals surface area contributed by atoms with Gasteiger partial charge in [0, 0.05) is 35.5 Å². The first-order valence-corrected chi connectivity index (χ1v) is 10.2. The largest absolute Gasteiger partial charge is 0.330 e. The van der Waals surface area contributed by atoms with Crippen LogP contribution in [0.2, 0.25) is 10.0 Å². The van der Waals surface area contributed by atoms with Crippen molar-refractivity contribution in [3.63, 3.8) is 0 Å². The van der Waals surface area contributed by atoms with Gasteiger partial charge in [-0.05, 0) is 43.9 Å². The summed E-state index contributed by atoms with van der Waals surface area (Å²) in [5, 5.41) is 1.13. The molecular weight excluding hydrogens is 426 g/mol. The Balaban J connectivity index is 1.84. The standard InChI is InChI=1S/C22H23Cl2FN4O/c1-27(2)11-12-29(22(30)18-5-3-4-6-20(18)25)15-21-26-9-10-28(21)14-16-7-8-17(23)13-19(16)24/h3-10,13H,11-12,14-15H2,1-2H3. The Bertz CT molecular complexity index is 1020. The molecule has 3 aromatic rings. The molecule has 5 nitrogen and oxygen atoms in total. The highest BCUT2D eigenvalue weighted by Crippen LogP contribution is 2.22. The molecule has 0 unspecified atom stereocenters. The minimum absolute atomic E-state index is 0.0510. The van der Waals surface area contributed by atoms with Crippen molar-refractivity contribution in [2.24, 2.45) is 0 Å². The average molecular weight is 449 g/mol. The van der Waals surface area contributed by atoms with Crippen LogP contribution in [0.5, 0.6) is 0 Å². The number of amides is 1. The number of imidazole rings is 1. The molecule has 1 amide bonds. The number of hydrogen-bond acceptors (Lipinski definition) is 3. The summed E-state index contributed by atoms with van der Waals surface area (Å²) in [6, 6.07) is 11.4. The highest BCUT2D eigenvalue weighted by molar-refractivity contribution is 6.35. The molecule has 0 spiro atoms. The zero-order valence-corrected chi connectivity index (χ0v) is 18.4. The van der Waals surface area contributed by atoms with Crippen LogP contribution in [0.1, 0.15) is 21.7 Å². The number of carbonyl (C=O) groups is 1. The Morgan fingerprint density at radius 3 is 2.60 bits per heavy atom. The minimum atomic E-state index is -0.534. The quantitative estimate of drug-likeness (QED) is 0.506. The second-order valence-electron chi connectivity index (χ2n) is 7.22. The topological polar surface area (TPSA) is 41.4 Å². The van der Waals surface area contributed by atoms with E-state index in [0.29, 0.717) is 35.5 Å². The lowest BCUT2D eigenvalue weighted by atomic mass is 10.2. The molecule has 30 heavy (non-hydrogen) atoms. The number of rotatable bonds is 8. The third-order valence-electron chi connectivity index (χ3n) is 4.70. The van der Waals surface area contributed by atoms with Crippen molar-refractivity contribution in [2.75, 3.05) is 27.2 Å². The maximum Gasteiger partial charge on any atom is 0.257 e. The van der Waals surface area contributed by atoms with Crippen molar-refractivity contribution < 1.29 is 9.18 Å². The monoisotopic (exact) mass is 448 g/mol. The number of benzene rings is 2. The Morgan fingerprint density at radius 2 is 1.90 bits per heavy atom. The van der Waals surface area contributed by atoms with E-state index in [4.69, 9.17) is 23.2 Å². The summed E-state index contributed by atoms with van der Waals surface area (Å²) in [7, 11) is 3.85. The van der Waals surface area contributed by atoms with Gasteiger partial charge in [-0.2, -0.15) is 0 Å². The van der Waals surface area contributed by atoms with Gasteiger partial charge in [0.15, 0.2) is 0 Å². The fourth-order valence-corrected chi connectivity index (χ4v) is 3.49. The second kappa shape index (κ2) is 10.1. The summed E-state index contributed by atoms with van der Waals surface area (Å²) in [5.74, 6) is -0.216. The van der Waals surface area contributed by atoms with Crippen molar-refractivity contribution in [2.45, 2.75) is 13.1 Å². The van der Waals surface area contributed by atoms with Crippen LogP contribution in [0.4, 0.5) is 4.39 Å². The van der Waals surface area contributed by atoms with E-state index in [1.807, 2.05) is 35.8 Å². The Kier molecular flexibility index (Phi) is 7.48. The van der Waals surface area contributed by atoms with Crippen molar-refractivity contribution in [3.05, 3.63) is 87.7 Å². The van der Waals surface area contributed by atoms with E-state index in [9.17, 15) is 9.18 Å². The number of hydrogen-bond donors (Lipinski definition) is 0. The number of likely N-dealkylation sites (N-methyl/N-ethyl adjacent to an activating group) is 1. The van der Waals surface area contributed by atoms with Crippen LogP contribution in [0, 0.1) is 5.82 Å². The molecule has 2 aromatic carbocycles. The van der Waals surface area contributed by atoms with Gasteiger partial charge in [-0.15, -0.1) is 0 Å². The molecule has 1 heterocycles. The molecular formula is C22H23Cl2FN4O. The van der Waals surface area contributed by atoms with Gasteiger partial charge in [0.1, 0.15) is 11.6 Å². The fourth-order valence-electron chi connectivity index (χ4n) is 3.02. The predicted molar refractivity (Wildman–Crippen MR) is 117 cm³/mol. The molecule has 1 aromatic heterocycles. The number of carbonyl (C=O) groups excluding carboxylic acids is 1. The van der Waals surface area contributed by atoms with E-state index in [1.165, 1.54) is 12.1 Å². The SMILES string of the molecule is CN(C)CCN(Cc1nccn1Cc1ccc(Cl)cc1Cl)C(=O)c1ccccc1F. The number of aromatic nitrogens is 2. The molecule has 0 aliphatic rings. The van der Waals surface area contributed by atoms with Crippen LogP contribution in [0.15, 0.2) is 54.9 Å². The lowest BCUT2D eigenvalue weighted by molar-refractivity contribution is 0.0721. The van der Waals surface area contributed by atoms with Crippen LogP contribution in [0.25, 0.3) is 0 Å². The summed E-state index contributed by atoms with van der Waals surface area (Å²) in [5.41, 5.74) is 0.940. The fraction of sp³-hybridized carbons (Fsp3) is 0.273. The molecule has 0 aliphatic heterocycles. The first-order valence-electron chi connectivity index (χ1n) is 9.47. The summed E-state index contributed by atoms with van der Waals surface area (Å²) in [6.07, 6.45) is 3.51. The van der Waals surface area contributed by atoms with E-state index in [1.54, 1.807) is 35.4 Å². The molecule has 0 atom stereocenters. The van der Waals surface area contributed by atoms with Crippen LogP contribution >= 0.6 is 23.2 Å². The van der Waals surface area contributed by atoms with Gasteiger partial charge in [0.05, 0.1) is 18.7 Å². The Morgan fingerprint density at radius 1 is 1.13 bits per heavy atom. The first kappa shape index (κ1) is 22.3. The number of halogens is 3. The average Bonchev–Trinajstić information content (AvgIpc) is 3.13. The van der Waals surface area contributed by atoms with Crippen LogP contribution in [-0.2, 0) is 13.1 Å². The van der Waals surface area contributed by atoms with Crippen LogP contribution in [-0.4, -0.2) is 52.4 Å². The lowest BCUT2D eigenvalue weighted by Crippen LogP contribution is -2.37. The molecule has 158 valence electrons. The van der Waals surface area contributed by atoms with Gasteiger partial charge in [0.2, 0.25) is 0 Å². The molecule has 0 radical (unpaired) electrons. The van der Waals surface area contributed by atoms with E-state index in [-0.39, 0.29) is 18.0 Å². The first-order chi connectivity index (χ1) is 14.3. The van der Waals surface area contributed by atoms with Crippen LogP contribution < -0.4 is 0 Å². The lowest BCUT2D eigenvalue weighted by Gasteiger charge is -2.25. The molecule has 0 N–H and O–H groups in total. The third-order valence-corrected chi connectivity index (χ3v) is 5.29. The summed E-state index contributed by atoms with van der Waals surface area (Å²) < 4.78 is 16.1. The van der Waals surface area contributed by atoms with E-state index >= 15 is 0 Å². The predicted octanol–water partition coefficient (Wildman–Crippen LogP) is 4.58. The Hall–Kier alpha value is -2.41. The van der Waals surface area contributed by atoms with Crippen molar-refractivity contribution in [3.8, 4) is 0 Å². The Labute approximate surface area is 185 Å². The van der Waals surface area contributed by atoms with Gasteiger partial charge in [-0.3, -0.25) is 4.79 Å². The van der Waals surface area contributed by atoms with Gasteiger partial charge in [-0.1, -0.05) is 41.4 Å². The van der Waals surface area contributed by atoms with E-state index < -0.39 is 5.82 Å². The van der Waals surface area contributed by atoms with Gasteiger partial charge in [-0.25, -0.2) is 9.37 Å². The minimum Gasteiger partial charge on any atom is -0.330 e. The maximum atomic E-state index is 14.2. The molecule has 0 bridgehead atoms. The van der Waals surface area contributed by atoms with Gasteiger partial charge >= 0.3 is 0 Å². The molecule has 0 fully saturated rings.